The minimum absolute atomic E-state index is 0.295. The number of methoxy groups -OCH3 is 1. The van der Waals surface area contributed by atoms with E-state index in [0.717, 1.165) is 11.3 Å². The molecule has 1 aromatic rings. The minimum atomic E-state index is -0.633. The fourth-order valence-electron chi connectivity index (χ4n) is 2.00. The number of anilines is 1. The van der Waals surface area contributed by atoms with Gasteiger partial charge in [-0.05, 0) is 31.5 Å². The van der Waals surface area contributed by atoms with Crippen LogP contribution in [0.25, 0.3) is 0 Å². The third-order valence-corrected chi connectivity index (χ3v) is 3.10. The summed E-state index contributed by atoms with van der Waals surface area (Å²) >= 11 is 0. The Hall–Kier alpha value is -1.75. The van der Waals surface area contributed by atoms with Gasteiger partial charge in [0, 0.05) is 6.54 Å². The lowest BCUT2D eigenvalue weighted by molar-refractivity contribution is 0.0789. The summed E-state index contributed by atoms with van der Waals surface area (Å²) in [6.45, 7) is 4.52. The molecule has 5 heteroatoms. The highest BCUT2D eigenvalue weighted by Gasteiger charge is 2.42. The summed E-state index contributed by atoms with van der Waals surface area (Å²) in [5.74, 6) is 0.652. The number of nitrogens with two attached hydrogens (primary N) is 1. The molecule has 1 aromatic carbocycles. The molecule has 1 heterocycles. The maximum absolute atomic E-state index is 11.9. The number of rotatable bonds is 3. The first kappa shape index (κ1) is 12.7. The molecule has 1 fully saturated rings. The van der Waals surface area contributed by atoms with Crippen LogP contribution in [0.5, 0.6) is 5.75 Å². The van der Waals surface area contributed by atoms with Crippen molar-refractivity contribution < 1.29 is 14.3 Å². The average Bonchev–Trinajstić information content (AvgIpc) is 2.66. The number of ether oxygens (including phenoxy) is 2. The van der Waals surface area contributed by atoms with Gasteiger partial charge in [-0.3, -0.25) is 4.90 Å². The highest BCUT2D eigenvalue weighted by molar-refractivity contribution is 5.92. The van der Waals surface area contributed by atoms with Crippen LogP contribution in [0.15, 0.2) is 18.2 Å². The first-order chi connectivity index (χ1) is 8.49. The summed E-state index contributed by atoms with van der Waals surface area (Å²) < 4.78 is 10.6. The van der Waals surface area contributed by atoms with Crippen LogP contribution >= 0.6 is 0 Å². The molecule has 1 aliphatic rings. The van der Waals surface area contributed by atoms with Gasteiger partial charge in [-0.25, -0.2) is 4.79 Å². The Bertz CT molecular complexity index is 475. The van der Waals surface area contributed by atoms with E-state index in [9.17, 15) is 4.79 Å². The van der Waals surface area contributed by atoms with E-state index in [-0.39, 0.29) is 6.09 Å². The number of cyclic esters (lactones) is 1. The normalized spacial score (nSPS) is 23.1. The van der Waals surface area contributed by atoms with Crippen molar-refractivity contribution in [3.63, 3.8) is 0 Å². The van der Waals surface area contributed by atoms with E-state index in [1.807, 2.05) is 32.0 Å². The van der Waals surface area contributed by atoms with E-state index in [0.29, 0.717) is 18.8 Å². The van der Waals surface area contributed by atoms with Crippen molar-refractivity contribution in [3.05, 3.63) is 23.8 Å². The second-order valence-electron chi connectivity index (χ2n) is 4.78. The van der Waals surface area contributed by atoms with E-state index in [2.05, 4.69) is 0 Å². The fourth-order valence-corrected chi connectivity index (χ4v) is 2.00. The molecule has 0 spiro atoms. The predicted molar refractivity (Wildman–Crippen MR) is 69.0 cm³/mol. The van der Waals surface area contributed by atoms with Crippen LogP contribution in [-0.4, -0.2) is 31.9 Å². The summed E-state index contributed by atoms with van der Waals surface area (Å²) in [5, 5.41) is 0. The van der Waals surface area contributed by atoms with Crippen LogP contribution in [0.1, 0.15) is 12.5 Å². The van der Waals surface area contributed by atoms with E-state index in [4.69, 9.17) is 15.2 Å². The second-order valence-corrected chi connectivity index (χ2v) is 4.78. The molecule has 0 bridgehead atoms. The van der Waals surface area contributed by atoms with Gasteiger partial charge in [-0.2, -0.15) is 0 Å². The van der Waals surface area contributed by atoms with Crippen molar-refractivity contribution in [2.75, 3.05) is 25.1 Å². The van der Waals surface area contributed by atoms with Gasteiger partial charge in [0.15, 0.2) is 0 Å². The molecule has 5 nitrogen and oxygen atoms in total. The monoisotopic (exact) mass is 250 g/mol. The van der Waals surface area contributed by atoms with Crippen LogP contribution in [0, 0.1) is 6.92 Å². The Balaban J connectivity index is 2.38. The maximum Gasteiger partial charge on any atom is 0.415 e. The second kappa shape index (κ2) is 4.49. The van der Waals surface area contributed by atoms with E-state index in [1.54, 1.807) is 12.0 Å². The quantitative estimate of drug-likeness (QED) is 0.886. The molecule has 0 aromatic heterocycles. The van der Waals surface area contributed by atoms with E-state index >= 15 is 0 Å². The summed E-state index contributed by atoms with van der Waals surface area (Å²) in [6, 6.07) is 5.68. The first-order valence-corrected chi connectivity index (χ1v) is 5.84. The third kappa shape index (κ3) is 2.13. The first-order valence-electron chi connectivity index (χ1n) is 5.84. The van der Waals surface area contributed by atoms with Crippen molar-refractivity contribution in [2.24, 2.45) is 5.73 Å². The Labute approximate surface area is 106 Å². The molecule has 1 aliphatic heterocycles. The molecular weight excluding hydrogens is 232 g/mol. The smallest absolute Gasteiger partial charge is 0.415 e. The molecule has 0 aliphatic carbocycles. The maximum atomic E-state index is 11.9. The van der Waals surface area contributed by atoms with E-state index in [1.165, 1.54) is 0 Å². The van der Waals surface area contributed by atoms with Crippen LogP contribution in [0.2, 0.25) is 0 Å². The molecule has 1 saturated heterocycles. The van der Waals surface area contributed by atoms with Crippen molar-refractivity contribution in [3.8, 4) is 5.75 Å². The lowest BCUT2D eigenvalue weighted by atomic mass is 10.1. The van der Waals surface area contributed by atoms with Crippen LogP contribution < -0.4 is 15.4 Å². The van der Waals surface area contributed by atoms with Gasteiger partial charge in [0.1, 0.15) is 11.4 Å². The molecule has 0 radical (unpaired) electrons. The van der Waals surface area contributed by atoms with Crippen molar-refractivity contribution in [1.29, 1.82) is 0 Å². The zero-order valence-electron chi connectivity index (χ0n) is 10.9. The van der Waals surface area contributed by atoms with Gasteiger partial charge in [0.05, 0.1) is 19.3 Å². The molecule has 98 valence electrons. The highest BCUT2D eigenvalue weighted by atomic mass is 16.6. The summed E-state index contributed by atoms with van der Waals surface area (Å²) in [5.41, 5.74) is 6.78. The van der Waals surface area contributed by atoms with Gasteiger partial charge in [0.25, 0.3) is 0 Å². The number of hydrogen-bond acceptors (Lipinski definition) is 4. The summed E-state index contributed by atoms with van der Waals surface area (Å²) in [7, 11) is 1.58. The zero-order chi connectivity index (χ0) is 13.3. The SMILES string of the molecule is COc1ccc(C)cc1N1CC(C)(CN)OC1=O. The molecule has 1 unspecified atom stereocenters. The molecule has 18 heavy (non-hydrogen) atoms. The van der Waals surface area contributed by atoms with Gasteiger partial charge in [0.2, 0.25) is 0 Å². The fraction of sp³-hybridized carbons (Fsp3) is 0.462. The molecule has 0 saturated carbocycles. The van der Waals surface area contributed by atoms with Gasteiger partial charge < -0.3 is 15.2 Å². The predicted octanol–water partition coefficient (Wildman–Crippen LogP) is 1.68. The highest BCUT2D eigenvalue weighted by Crippen LogP contribution is 2.34. The largest absolute Gasteiger partial charge is 0.495 e. The molecule has 1 atom stereocenters. The lowest BCUT2D eigenvalue weighted by Crippen LogP contribution is -2.38. The molecule has 1 amide bonds. The Morgan fingerprint density at radius 3 is 2.83 bits per heavy atom. The van der Waals surface area contributed by atoms with Crippen molar-refractivity contribution >= 4 is 11.8 Å². The molecular formula is C13H18N2O3. The van der Waals surface area contributed by atoms with Crippen LogP contribution in [-0.2, 0) is 4.74 Å². The van der Waals surface area contributed by atoms with E-state index < -0.39 is 5.60 Å². The Kier molecular flexibility index (Phi) is 3.17. The standard InChI is InChI=1S/C13H18N2O3/c1-9-4-5-11(17-3)10(6-9)15-8-13(2,7-14)18-12(15)16/h4-6H,7-8,14H2,1-3H3. The summed E-state index contributed by atoms with van der Waals surface area (Å²) in [6.07, 6.45) is -0.383. The molecule has 2 rings (SSSR count). The number of carbonyl (C=O) groups excluding carboxylic acids is 1. The topological polar surface area (TPSA) is 64.8 Å². The van der Waals surface area contributed by atoms with Gasteiger partial charge in [-0.1, -0.05) is 6.07 Å². The minimum Gasteiger partial charge on any atom is -0.495 e. The number of aryl methyl sites for hydroxylation is 1. The Morgan fingerprint density at radius 2 is 2.28 bits per heavy atom. The number of nitrogens with zero attached hydrogens (tertiary/aromatic N) is 1. The van der Waals surface area contributed by atoms with Crippen molar-refractivity contribution in [2.45, 2.75) is 19.4 Å². The van der Waals surface area contributed by atoms with Gasteiger partial charge in [-0.15, -0.1) is 0 Å². The third-order valence-electron chi connectivity index (χ3n) is 3.10. The number of amides is 1. The number of hydrogen-bond donors (Lipinski definition) is 1. The molecule has 2 N–H and O–H groups in total. The summed E-state index contributed by atoms with van der Waals surface area (Å²) in [4.78, 5) is 13.5. The van der Waals surface area contributed by atoms with Crippen molar-refractivity contribution in [1.82, 2.24) is 0 Å². The lowest BCUT2D eigenvalue weighted by Gasteiger charge is -2.20. The Morgan fingerprint density at radius 1 is 1.56 bits per heavy atom. The van der Waals surface area contributed by atoms with Crippen LogP contribution in [0.3, 0.4) is 0 Å². The van der Waals surface area contributed by atoms with Gasteiger partial charge >= 0.3 is 6.09 Å². The average molecular weight is 250 g/mol. The zero-order valence-corrected chi connectivity index (χ0v) is 10.9. The van der Waals surface area contributed by atoms with Crippen LogP contribution in [0.4, 0.5) is 10.5 Å². The number of carbonyl (C=O) groups is 1. The number of benzene rings is 1.